The predicted octanol–water partition coefficient (Wildman–Crippen LogP) is 2.87. The molecule has 2 heterocycles. The van der Waals surface area contributed by atoms with E-state index in [0.29, 0.717) is 12.1 Å². The molecule has 2 aliphatic rings. The zero-order valence-corrected chi connectivity index (χ0v) is 17.5. The van der Waals surface area contributed by atoms with Crippen molar-refractivity contribution in [2.45, 2.75) is 31.7 Å². The predicted molar refractivity (Wildman–Crippen MR) is 117 cm³/mol. The number of fused-ring (bicyclic) bond motifs is 1. The number of benzene rings is 2. The summed E-state index contributed by atoms with van der Waals surface area (Å²) in [6.45, 7) is 2.82. The molecule has 158 valence electrons. The molecule has 2 aromatic carbocycles. The topological polar surface area (TPSA) is 61.9 Å². The maximum atomic E-state index is 13.0. The number of hydrogen-bond donors (Lipinski definition) is 1. The second kappa shape index (κ2) is 9.30. The zero-order chi connectivity index (χ0) is 20.9. The van der Waals surface area contributed by atoms with Crippen molar-refractivity contribution >= 4 is 17.5 Å². The summed E-state index contributed by atoms with van der Waals surface area (Å²) in [6.07, 6.45) is 3.67. The van der Waals surface area contributed by atoms with Gasteiger partial charge in [0, 0.05) is 36.9 Å². The molecule has 1 N–H and O–H groups in total. The molecule has 0 unspecified atom stereocenters. The van der Waals surface area contributed by atoms with E-state index in [1.807, 2.05) is 53.4 Å². The lowest BCUT2D eigenvalue weighted by molar-refractivity contribution is -0.120. The Morgan fingerprint density at radius 1 is 1.07 bits per heavy atom. The Morgan fingerprint density at radius 3 is 2.57 bits per heavy atom. The molecular formula is C24H29N3O3. The Morgan fingerprint density at radius 2 is 1.83 bits per heavy atom. The van der Waals surface area contributed by atoms with Crippen LogP contribution in [-0.2, 0) is 11.2 Å². The lowest BCUT2D eigenvalue weighted by Crippen LogP contribution is -2.48. The molecule has 2 amide bonds. The number of piperidine rings is 1. The summed E-state index contributed by atoms with van der Waals surface area (Å²) < 4.78 is 5.32. The molecule has 0 radical (unpaired) electrons. The van der Waals surface area contributed by atoms with E-state index in [1.165, 1.54) is 5.56 Å². The highest BCUT2D eigenvalue weighted by Gasteiger charge is 2.27. The Balaban J connectivity index is 1.29. The highest BCUT2D eigenvalue weighted by atomic mass is 16.5. The molecule has 0 spiro atoms. The molecule has 6 nitrogen and oxygen atoms in total. The molecule has 2 aliphatic heterocycles. The fraction of sp³-hybridized carbons (Fsp3) is 0.417. The Labute approximate surface area is 177 Å². The number of anilines is 1. The summed E-state index contributed by atoms with van der Waals surface area (Å²) in [5.41, 5.74) is 2.88. The molecule has 0 aromatic heterocycles. The third-order valence-electron chi connectivity index (χ3n) is 6.02. The fourth-order valence-corrected chi connectivity index (χ4v) is 4.33. The van der Waals surface area contributed by atoms with Gasteiger partial charge in [-0.3, -0.25) is 14.5 Å². The zero-order valence-electron chi connectivity index (χ0n) is 17.5. The first-order chi connectivity index (χ1) is 14.6. The molecule has 1 fully saturated rings. The van der Waals surface area contributed by atoms with Gasteiger partial charge in [-0.25, -0.2) is 0 Å². The number of nitrogens with zero attached hydrogens (tertiary/aromatic N) is 2. The lowest BCUT2D eigenvalue weighted by atomic mass is 10.0. The van der Waals surface area contributed by atoms with E-state index >= 15 is 0 Å². The first kappa shape index (κ1) is 20.4. The number of aryl methyl sites for hydroxylation is 1. The summed E-state index contributed by atoms with van der Waals surface area (Å²) in [6, 6.07) is 15.4. The van der Waals surface area contributed by atoms with Gasteiger partial charge < -0.3 is 15.0 Å². The number of carbonyl (C=O) groups excluding carboxylic acids is 2. The molecule has 0 atom stereocenters. The van der Waals surface area contributed by atoms with E-state index in [2.05, 4.69) is 10.2 Å². The van der Waals surface area contributed by atoms with Crippen LogP contribution in [0.1, 0.15) is 35.2 Å². The molecule has 1 saturated heterocycles. The van der Waals surface area contributed by atoms with Crippen LogP contribution in [0.2, 0.25) is 0 Å². The van der Waals surface area contributed by atoms with E-state index < -0.39 is 0 Å². The van der Waals surface area contributed by atoms with Gasteiger partial charge in [-0.05, 0) is 61.6 Å². The molecule has 6 heteroatoms. The highest BCUT2D eigenvalue weighted by molar-refractivity contribution is 5.96. The Kier molecular flexibility index (Phi) is 6.33. The second-order valence-corrected chi connectivity index (χ2v) is 8.03. The quantitative estimate of drug-likeness (QED) is 0.828. The summed E-state index contributed by atoms with van der Waals surface area (Å²) >= 11 is 0. The van der Waals surface area contributed by atoms with Gasteiger partial charge in [0.15, 0.2) is 0 Å². The van der Waals surface area contributed by atoms with Crippen LogP contribution < -0.4 is 15.0 Å². The van der Waals surface area contributed by atoms with Gasteiger partial charge in [0.05, 0.1) is 13.7 Å². The van der Waals surface area contributed by atoms with Crippen LogP contribution in [-0.4, -0.2) is 56.0 Å². The molecule has 2 aromatic rings. The van der Waals surface area contributed by atoms with Crippen molar-refractivity contribution in [2.75, 3.05) is 38.2 Å². The van der Waals surface area contributed by atoms with E-state index in [4.69, 9.17) is 4.74 Å². The SMILES string of the molecule is COc1ccc2c(c1)CCCN2C(=O)CN1CCC(NC(=O)c2ccccc2)CC1. The van der Waals surface area contributed by atoms with Gasteiger partial charge in [-0.1, -0.05) is 18.2 Å². The van der Waals surface area contributed by atoms with Crippen molar-refractivity contribution < 1.29 is 14.3 Å². The summed E-state index contributed by atoms with van der Waals surface area (Å²) in [5, 5.41) is 3.12. The van der Waals surface area contributed by atoms with Gasteiger partial charge in [0.2, 0.25) is 5.91 Å². The number of hydrogen-bond acceptors (Lipinski definition) is 4. The third-order valence-corrected chi connectivity index (χ3v) is 6.02. The Bertz CT molecular complexity index is 892. The van der Waals surface area contributed by atoms with E-state index in [9.17, 15) is 9.59 Å². The van der Waals surface area contributed by atoms with Crippen LogP contribution in [0.5, 0.6) is 5.75 Å². The minimum atomic E-state index is -0.0227. The number of carbonyl (C=O) groups is 2. The van der Waals surface area contributed by atoms with Crippen molar-refractivity contribution in [3.8, 4) is 5.75 Å². The summed E-state index contributed by atoms with van der Waals surface area (Å²) in [5.74, 6) is 0.959. The molecule has 0 bridgehead atoms. The monoisotopic (exact) mass is 407 g/mol. The average Bonchev–Trinajstić information content (AvgIpc) is 2.80. The third kappa shape index (κ3) is 4.65. The molecule has 0 saturated carbocycles. The van der Waals surface area contributed by atoms with E-state index in [-0.39, 0.29) is 17.9 Å². The van der Waals surface area contributed by atoms with Crippen LogP contribution in [0.4, 0.5) is 5.69 Å². The average molecular weight is 408 g/mol. The van der Waals surface area contributed by atoms with Crippen LogP contribution in [0.15, 0.2) is 48.5 Å². The Hall–Kier alpha value is -2.86. The van der Waals surface area contributed by atoms with Crippen molar-refractivity contribution in [3.63, 3.8) is 0 Å². The van der Waals surface area contributed by atoms with Gasteiger partial charge in [-0.2, -0.15) is 0 Å². The van der Waals surface area contributed by atoms with Crippen molar-refractivity contribution in [3.05, 3.63) is 59.7 Å². The first-order valence-corrected chi connectivity index (χ1v) is 10.7. The van der Waals surface area contributed by atoms with Crippen molar-refractivity contribution in [1.82, 2.24) is 10.2 Å². The van der Waals surface area contributed by atoms with Crippen LogP contribution in [0, 0.1) is 0 Å². The smallest absolute Gasteiger partial charge is 0.251 e. The van der Waals surface area contributed by atoms with Crippen molar-refractivity contribution in [1.29, 1.82) is 0 Å². The maximum absolute atomic E-state index is 13.0. The number of amides is 2. The normalized spacial score (nSPS) is 17.3. The van der Waals surface area contributed by atoms with Gasteiger partial charge >= 0.3 is 0 Å². The first-order valence-electron chi connectivity index (χ1n) is 10.7. The number of ether oxygens (including phenoxy) is 1. The minimum Gasteiger partial charge on any atom is -0.497 e. The minimum absolute atomic E-state index is 0.0227. The molecular weight excluding hydrogens is 378 g/mol. The van der Waals surface area contributed by atoms with Crippen LogP contribution >= 0.6 is 0 Å². The molecule has 0 aliphatic carbocycles. The molecule has 4 rings (SSSR count). The maximum Gasteiger partial charge on any atom is 0.251 e. The van der Waals surface area contributed by atoms with E-state index in [0.717, 1.165) is 56.8 Å². The number of methoxy groups -OCH3 is 1. The largest absolute Gasteiger partial charge is 0.497 e. The van der Waals surface area contributed by atoms with Gasteiger partial charge in [0.25, 0.3) is 5.91 Å². The lowest BCUT2D eigenvalue weighted by Gasteiger charge is -2.35. The second-order valence-electron chi connectivity index (χ2n) is 8.03. The van der Waals surface area contributed by atoms with E-state index in [1.54, 1.807) is 7.11 Å². The summed E-state index contributed by atoms with van der Waals surface area (Å²) in [4.78, 5) is 29.5. The van der Waals surface area contributed by atoms with Gasteiger partial charge in [-0.15, -0.1) is 0 Å². The summed E-state index contributed by atoms with van der Waals surface area (Å²) in [7, 11) is 1.67. The van der Waals surface area contributed by atoms with Gasteiger partial charge in [0.1, 0.15) is 5.75 Å². The molecule has 30 heavy (non-hydrogen) atoms. The van der Waals surface area contributed by atoms with Crippen LogP contribution in [0.3, 0.4) is 0 Å². The number of nitrogens with one attached hydrogen (secondary N) is 1. The van der Waals surface area contributed by atoms with Crippen molar-refractivity contribution in [2.24, 2.45) is 0 Å². The number of rotatable bonds is 5. The highest BCUT2D eigenvalue weighted by Crippen LogP contribution is 2.30. The standard InChI is InChI=1S/C24H29N3O3/c1-30-21-9-10-22-19(16-21)8-5-13-27(22)23(28)17-26-14-11-20(12-15-26)25-24(29)18-6-3-2-4-7-18/h2-4,6-7,9-10,16,20H,5,8,11-15,17H2,1H3,(H,25,29). The van der Waals surface area contributed by atoms with Crippen LogP contribution in [0.25, 0.3) is 0 Å². The number of likely N-dealkylation sites (tertiary alicyclic amines) is 1. The fourth-order valence-electron chi connectivity index (χ4n) is 4.33.